The molecule has 0 bridgehead atoms. The summed E-state index contributed by atoms with van der Waals surface area (Å²) in [6.07, 6.45) is -0.194. The number of hydrogen-bond acceptors (Lipinski definition) is 3. The van der Waals surface area contributed by atoms with Crippen LogP contribution < -0.4 is 5.32 Å². The maximum absolute atomic E-state index is 13.8. The van der Waals surface area contributed by atoms with Gasteiger partial charge in [0.15, 0.2) is 0 Å². The minimum atomic E-state index is -0.818. The van der Waals surface area contributed by atoms with Gasteiger partial charge in [-0.15, -0.1) is 0 Å². The Kier molecular flexibility index (Phi) is 5.87. The molecule has 0 heterocycles. The Balaban J connectivity index is 2.29. The van der Waals surface area contributed by atoms with Gasteiger partial charge in [-0.1, -0.05) is 29.8 Å². The van der Waals surface area contributed by atoms with Gasteiger partial charge in [0.05, 0.1) is 30.2 Å². The molecule has 0 saturated carbocycles. The van der Waals surface area contributed by atoms with Crippen molar-refractivity contribution in [1.29, 1.82) is 0 Å². The fourth-order valence-electron chi connectivity index (χ4n) is 2.14. The van der Waals surface area contributed by atoms with Gasteiger partial charge in [0, 0.05) is 0 Å². The Morgan fingerprint density at radius 2 is 1.83 bits per heavy atom. The van der Waals surface area contributed by atoms with Gasteiger partial charge in [-0.3, -0.25) is 9.59 Å². The Morgan fingerprint density at radius 3 is 2.42 bits per heavy atom. The molecule has 2 aromatic rings. The number of rotatable bonds is 5. The summed E-state index contributed by atoms with van der Waals surface area (Å²) >= 11 is 5.87. The summed E-state index contributed by atoms with van der Waals surface area (Å²) < 4.78 is 31.5. The van der Waals surface area contributed by atoms with Crippen molar-refractivity contribution in [1.82, 2.24) is 5.32 Å². The maximum Gasteiger partial charge on any atom is 0.307 e. The molecule has 0 aromatic heterocycles. The highest BCUT2D eigenvalue weighted by atomic mass is 35.5. The van der Waals surface area contributed by atoms with Crippen LogP contribution in [0.2, 0.25) is 5.02 Å². The molecule has 4 nitrogen and oxygen atoms in total. The Morgan fingerprint density at radius 1 is 1.17 bits per heavy atom. The lowest BCUT2D eigenvalue weighted by atomic mass is 10.0. The van der Waals surface area contributed by atoms with Crippen molar-refractivity contribution in [3.8, 4) is 0 Å². The first kappa shape index (κ1) is 17.9. The first-order valence-electron chi connectivity index (χ1n) is 6.99. The monoisotopic (exact) mass is 353 g/mol. The van der Waals surface area contributed by atoms with E-state index in [1.165, 1.54) is 43.5 Å². The minimum absolute atomic E-state index is 0.0524. The van der Waals surface area contributed by atoms with Crippen LogP contribution in [-0.4, -0.2) is 19.0 Å². The largest absolute Gasteiger partial charge is 0.469 e. The summed E-state index contributed by atoms with van der Waals surface area (Å²) in [4.78, 5) is 23.9. The van der Waals surface area contributed by atoms with Crippen LogP contribution in [0.25, 0.3) is 0 Å². The van der Waals surface area contributed by atoms with Gasteiger partial charge in [0.25, 0.3) is 5.91 Å². The molecule has 1 atom stereocenters. The number of amides is 1. The van der Waals surface area contributed by atoms with Crippen molar-refractivity contribution in [3.05, 3.63) is 70.2 Å². The molecule has 2 rings (SSSR count). The lowest BCUT2D eigenvalue weighted by molar-refractivity contribution is -0.141. The molecule has 0 spiro atoms. The molecule has 126 valence electrons. The number of hydrogen-bond donors (Lipinski definition) is 1. The van der Waals surface area contributed by atoms with Gasteiger partial charge < -0.3 is 10.1 Å². The van der Waals surface area contributed by atoms with E-state index in [0.717, 1.165) is 6.07 Å². The first-order valence-corrected chi connectivity index (χ1v) is 7.37. The van der Waals surface area contributed by atoms with Gasteiger partial charge in [-0.2, -0.15) is 0 Å². The molecule has 1 amide bonds. The topological polar surface area (TPSA) is 55.4 Å². The maximum atomic E-state index is 13.8. The van der Waals surface area contributed by atoms with Crippen LogP contribution in [0.3, 0.4) is 0 Å². The van der Waals surface area contributed by atoms with Crippen LogP contribution in [0.1, 0.15) is 28.4 Å². The average Bonchev–Trinajstić information content (AvgIpc) is 2.54. The van der Waals surface area contributed by atoms with E-state index in [1.54, 1.807) is 0 Å². The van der Waals surface area contributed by atoms with Crippen molar-refractivity contribution in [2.24, 2.45) is 0 Å². The summed E-state index contributed by atoms with van der Waals surface area (Å²) in [7, 11) is 1.21. The van der Waals surface area contributed by atoms with E-state index in [2.05, 4.69) is 10.1 Å². The van der Waals surface area contributed by atoms with Crippen molar-refractivity contribution in [2.45, 2.75) is 12.5 Å². The predicted molar refractivity (Wildman–Crippen MR) is 84.7 cm³/mol. The third-order valence-electron chi connectivity index (χ3n) is 3.37. The molecule has 1 N–H and O–H groups in total. The highest BCUT2D eigenvalue weighted by Crippen LogP contribution is 2.22. The van der Waals surface area contributed by atoms with Crippen LogP contribution in [-0.2, 0) is 9.53 Å². The lowest BCUT2D eigenvalue weighted by Gasteiger charge is -2.19. The summed E-state index contributed by atoms with van der Waals surface area (Å²) in [6.45, 7) is 0. The normalized spacial score (nSPS) is 11.7. The highest BCUT2D eigenvalue weighted by molar-refractivity contribution is 6.33. The summed E-state index contributed by atoms with van der Waals surface area (Å²) in [5, 5.41) is 2.48. The Hall–Kier alpha value is -2.47. The van der Waals surface area contributed by atoms with Gasteiger partial charge in [-0.05, 0) is 29.8 Å². The molecular formula is C17H14ClF2NO3. The van der Waals surface area contributed by atoms with E-state index in [-0.39, 0.29) is 17.0 Å². The smallest absolute Gasteiger partial charge is 0.307 e. The number of carbonyl (C=O) groups excluding carboxylic acids is 2. The first-order chi connectivity index (χ1) is 11.4. The van der Waals surface area contributed by atoms with E-state index in [4.69, 9.17) is 11.6 Å². The molecule has 0 unspecified atom stereocenters. The van der Waals surface area contributed by atoms with Gasteiger partial charge in [0.1, 0.15) is 11.6 Å². The van der Waals surface area contributed by atoms with Crippen LogP contribution in [0.4, 0.5) is 8.78 Å². The summed E-state index contributed by atoms with van der Waals surface area (Å²) in [6, 6.07) is 8.28. The van der Waals surface area contributed by atoms with E-state index in [0.29, 0.717) is 5.56 Å². The summed E-state index contributed by atoms with van der Waals surface area (Å²) in [5.74, 6) is -2.60. The molecule has 24 heavy (non-hydrogen) atoms. The number of benzene rings is 2. The molecule has 0 radical (unpaired) electrons. The third kappa shape index (κ3) is 4.29. The third-order valence-corrected chi connectivity index (χ3v) is 3.68. The molecule has 0 aliphatic carbocycles. The van der Waals surface area contributed by atoms with Gasteiger partial charge >= 0.3 is 5.97 Å². The fourth-order valence-corrected chi connectivity index (χ4v) is 2.39. The van der Waals surface area contributed by atoms with Crippen molar-refractivity contribution < 1.29 is 23.1 Å². The second kappa shape index (κ2) is 7.88. The van der Waals surface area contributed by atoms with E-state index < -0.39 is 29.6 Å². The quantitative estimate of drug-likeness (QED) is 0.835. The predicted octanol–water partition coefficient (Wildman–Crippen LogP) is 3.65. The van der Waals surface area contributed by atoms with Gasteiger partial charge in [0.2, 0.25) is 0 Å². The molecule has 0 fully saturated rings. The van der Waals surface area contributed by atoms with Crippen molar-refractivity contribution in [3.63, 3.8) is 0 Å². The minimum Gasteiger partial charge on any atom is -0.469 e. The number of ether oxygens (including phenoxy) is 1. The van der Waals surface area contributed by atoms with Crippen LogP contribution in [0, 0.1) is 11.6 Å². The Bertz CT molecular complexity index is 730. The molecular weight excluding hydrogens is 340 g/mol. The van der Waals surface area contributed by atoms with E-state index in [9.17, 15) is 18.4 Å². The van der Waals surface area contributed by atoms with E-state index in [1.807, 2.05) is 0 Å². The van der Waals surface area contributed by atoms with Crippen LogP contribution in [0.5, 0.6) is 0 Å². The second-order valence-electron chi connectivity index (χ2n) is 4.95. The average molecular weight is 354 g/mol. The van der Waals surface area contributed by atoms with E-state index >= 15 is 0 Å². The number of methoxy groups -OCH3 is 1. The lowest BCUT2D eigenvalue weighted by Crippen LogP contribution is -2.31. The fraction of sp³-hybridized carbons (Fsp3) is 0.176. The summed E-state index contributed by atoms with van der Waals surface area (Å²) in [5.41, 5.74) is 0.152. The number of nitrogens with one attached hydrogen (secondary N) is 1. The highest BCUT2D eigenvalue weighted by Gasteiger charge is 2.23. The van der Waals surface area contributed by atoms with Crippen LogP contribution >= 0.6 is 11.6 Å². The molecule has 2 aromatic carbocycles. The number of carbonyl (C=O) groups is 2. The second-order valence-corrected chi connectivity index (χ2v) is 5.36. The van der Waals surface area contributed by atoms with Gasteiger partial charge in [-0.25, -0.2) is 8.78 Å². The molecule has 0 aliphatic heterocycles. The van der Waals surface area contributed by atoms with Crippen LogP contribution in [0.15, 0.2) is 42.5 Å². The zero-order valence-electron chi connectivity index (χ0n) is 12.7. The Labute approximate surface area is 142 Å². The van der Waals surface area contributed by atoms with Crippen molar-refractivity contribution >= 4 is 23.5 Å². The molecule has 0 aliphatic rings. The van der Waals surface area contributed by atoms with Crippen molar-refractivity contribution in [2.75, 3.05) is 7.11 Å². The zero-order chi connectivity index (χ0) is 17.7. The molecule has 0 saturated heterocycles. The number of halogens is 3. The zero-order valence-corrected chi connectivity index (χ0v) is 13.4. The molecule has 7 heteroatoms. The SMILES string of the molecule is COC(=O)C[C@H](NC(=O)c1c(F)cccc1Cl)c1ccc(F)cc1. The number of esters is 1. The standard InChI is InChI=1S/C17H14ClF2NO3/c1-24-15(22)9-14(10-5-7-11(19)8-6-10)21-17(23)16-12(18)3-2-4-13(16)20/h2-8,14H,9H2,1H3,(H,21,23)/t14-/m0/s1.